The van der Waals surface area contributed by atoms with Gasteiger partial charge in [-0.15, -0.1) is 0 Å². The van der Waals surface area contributed by atoms with Crippen molar-refractivity contribution in [1.82, 2.24) is 9.55 Å². The molecule has 5 nitrogen and oxygen atoms in total. The first kappa shape index (κ1) is 11.2. The molecule has 1 N–H and O–H groups in total. The summed E-state index contributed by atoms with van der Waals surface area (Å²) in [6, 6.07) is 1.41. The Morgan fingerprint density at radius 3 is 2.94 bits per heavy atom. The molecule has 1 aromatic rings. The molecule has 0 unspecified atom stereocenters. The van der Waals surface area contributed by atoms with Gasteiger partial charge in [0.05, 0.1) is 5.75 Å². The average molecular weight is 240 g/mol. The van der Waals surface area contributed by atoms with Gasteiger partial charge in [0.15, 0.2) is 5.16 Å². The van der Waals surface area contributed by atoms with Gasteiger partial charge in [-0.1, -0.05) is 11.8 Å². The van der Waals surface area contributed by atoms with Crippen LogP contribution in [0.3, 0.4) is 0 Å². The Morgan fingerprint density at radius 1 is 1.69 bits per heavy atom. The highest BCUT2D eigenvalue weighted by Crippen LogP contribution is 2.44. The maximum Gasteiger partial charge on any atom is 0.313 e. The van der Waals surface area contributed by atoms with Gasteiger partial charge in [-0.2, -0.15) is 4.98 Å². The molecule has 1 saturated carbocycles. The van der Waals surface area contributed by atoms with E-state index < -0.39 is 5.97 Å². The number of hydrogen-bond donors (Lipinski definition) is 1. The molecule has 1 aliphatic carbocycles. The van der Waals surface area contributed by atoms with Crippen LogP contribution in [0.2, 0.25) is 0 Å². The van der Waals surface area contributed by atoms with Crippen LogP contribution in [-0.4, -0.2) is 26.4 Å². The number of aromatic nitrogens is 2. The van der Waals surface area contributed by atoms with Gasteiger partial charge in [-0.05, 0) is 19.8 Å². The second-order valence-electron chi connectivity index (χ2n) is 4.10. The van der Waals surface area contributed by atoms with Crippen molar-refractivity contribution < 1.29 is 9.90 Å². The molecular formula is C10H12N2O3S. The molecule has 0 amide bonds. The van der Waals surface area contributed by atoms with Crippen LogP contribution in [-0.2, 0) is 10.3 Å². The van der Waals surface area contributed by atoms with Crippen molar-refractivity contribution in [3.8, 4) is 0 Å². The maximum atomic E-state index is 11.1. The number of carboxylic acid groups (broad SMARTS) is 1. The summed E-state index contributed by atoms with van der Waals surface area (Å²) in [4.78, 5) is 25.5. The Labute approximate surface area is 96.5 Å². The van der Waals surface area contributed by atoms with Crippen LogP contribution in [0.1, 0.15) is 19.8 Å². The zero-order chi connectivity index (χ0) is 11.8. The predicted molar refractivity (Wildman–Crippen MR) is 59.7 cm³/mol. The molecule has 16 heavy (non-hydrogen) atoms. The molecule has 1 heterocycles. The number of carbonyl (C=O) groups is 1. The van der Waals surface area contributed by atoms with Crippen LogP contribution in [0.25, 0.3) is 0 Å². The van der Waals surface area contributed by atoms with E-state index in [9.17, 15) is 9.59 Å². The van der Waals surface area contributed by atoms with E-state index in [0.29, 0.717) is 5.16 Å². The molecule has 0 bridgehead atoms. The van der Waals surface area contributed by atoms with Gasteiger partial charge in [-0.3, -0.25) is 9.59 Å². The smallest absolute Gasteiger partial charge is 0.313 e. The third-order valence-corrected chi connectivity index (χ3v) is 3.60. The lowest BCUT2D eigenvalue weighted by molar-refractivity contribution is -0.133. The number of nitrogens with zero attached hydrogens (tertiary/aromatic N) is 2. The largest absolute Gasteiger partial charge is 0.481 e. The summed E-state index contributed by atoms with van der Waals surface area (Å²) in [5.74, 6) is -0.984. The second kappa shape index (κ2) is 3.93. The lowest BCUT2D eigenvalue weighted by Crippen LogP contribution is -2.21. The Hall–Kier alpha value is -1.30. The maximum absolute atomic E-state index is 11.1. The van der Waals surface area contributed by atoms with E-state index in [1.807, 2.05) is 4.57 Å². The minimum absolute atomic E-state index is 0.0154. The summed E-state index contributed by atoms with van der Waals surface area (Å²) in [5, 5.41) is 9.11. The lowest BCUT2D eigenvalue weighted by atomic mass is 10.3. The van der Waals surface area contributed by atoms with E-state index in [1.54, 1.807) is 6.20 Å². The van der Waals surface area contributed by atoms with E-state index in [1.165, 1.54) is 6.07 Å². The molecule has 1 aliphatic rings. The van der Waals surface area contributed by atoms with Crippen molar-refractivity contribution >= 4 is 17.7 Å². The van der Waals surface area contributed by atoms with E-state index in [4.69, 9.17) is 5.11 Å². The molecule has 0 spiro atoms. The van der Waals surface area contributed by atoms with Gasteiger partial charge >= 0.3 is 5.97 Å². The fraction of sp³-hybridized carbons (Fsp3) is 0.500. The number of thioether (sulfide) groups is 1. The number of rotatable bonds is 4. The van der Waals surface area contributed by atoms with Crippen LogP contribution < -0.4 is 5.56 Å². The first-order valence-corrected chi connectivity index (χ1v) is 5.95. The standard InChI is InChI=1S/C10H12N2O3S/c1-10(3-4-10)12-5-2-7(13)11-9(12)16-6-8(14)15/h2,5H,3-4,6H2,1H3,(H,14,15). The van der Waals surface area contributed by atoms with Gasteiger partial charge < -0.3 is 9.67 Å². The quantitative estimate of drug-likeness (QED) is 0.626. The van der Waals surface area contributed by atoms with Crippen LogP contribution in [0.15, 0.2) is 22.2 Å². The molecule has 0 radical (unpaired) electrons. The van der Waals surface area contributed by atoms with Crippen molar-refractivity contribution in [2.24, 2.45) is 0 Å². The van der Waals surface area contributed by atoms with Crippen molar-refractivity contribution in [2.45, 2.75) is 30.5 Å². The molecule has 86 valence electrons. The molecule has 0 saturated heterocycles. The highest BCUT2D eigenvalue weighted by Gasteiger charge is 2.40. The highest BCUT2D eigenvalue weighted by molar-refractivity contribution is 7.99. The SMILES string of the molecule is CC1(n2ccc(=O)nc2SCC(=O)O)CC1. The summed E-state index contributed by atoms with van der Waals surface area (Å²) >= 11 is 1.09. The molecule has 1 aromatic heterocycles. The van der Waals surface area contributed by atoms with E-state index in [0.717, 1.165) is 24.6 Å². The molecule has 0 atom stereocenters. The zero-order valence-corrected chi connectivity index (χ0v) is 9.66. The molecular weight excluding hydrogens is 228 g/mol. The van der Waals surface area contributed by atoms with Gasteiger partial charge in [-0.25, -0.2) is 0 Å². The third kappa shape index (κ3) is 2.27. The zero-order valence-electron chi connectivity index (χ0n) is 8.84. The monoisotopic (exact) mass is 240 g/mol. The predicted octanol–water partition coefficient (Wildman–Crippen LogP) is 0.929. The van der Waals surface area contributed by atoms with Gasteiger partial charge in [0.25, 0.3) is 5.56 Å². The number of carboxylic acids is 1. The fourth-order valence-electron chi connectivity index (χ4n) is 1.45. The van der Waals surface area contributed by atoms with Gasteiger partial charge in [0.1, 0.15) is 0 Å². The highest BCUT2D eigenvalue weighted by atomic mass is 32.2. The molecule has 1 fully saturated rings. The molecule has 6 heteroatoms. The van der Waals surface area contributed by atoms with Crippen LogP contribution in [0.4, 0.5) is 0 Å². The molecule has 0 aromatic carbocycles. The van der Waals surface area contributed by atoms with Crippen molar-refractivity contribution in [2.75, 3.05) is 5.75 Å². The lowest BCUT2D eigenvalue weighted by Gasteiger charge is -2.17. The Kier molecular flexibility index (Phi) is 2.75. The summed E-state index contributed by atoms with van der Waals surface area (Å²) in [5.41, 5.74) is -0.310. The average Bonchev–Trinajstić information content (AvgIpc) is 2.94. The van der Waals surface area contributed by atoms with Gasteiger partial charge in [0, 0.05) is 17.8 Å². The Bertz CT molecular complexity index is 479. The molecule has 0 aliphatic heterocycles. The van der Waals surface area contributed by atoms with E-state index in [-0.39, 0.29) is 16.9 Å². The van der Waals surface area contributed by atoms with Crippen LogP contribution in [0, 0.1) is 0 Å². The minimum atomic E-state index is -0.907. The van der Waals surface area contributed by atoms with E-state index in [2.05, 4.69) is 11.9 Å². The molecule has 2 rings (SSSR count). The van der Waals surface area contributed by atoms with Crippen molar-refractivity contribution in [1.29, 1.82) is 0 Å². The van der Waals surface area contributed by atoms with Crippen molar-refractivity contribution in [3.05, 3.63) is 22.6 Å². The summed E-state index contributed by atoms with van der Waals surface area (Å²) in [7, 11) is 0. The topological polar surface area (TPSA) is 72.2 Å². The van der Waals surface area contributed by atoms with E-state index >= 15 is 0 Å². The van der Waals surface area contributed by atoms with Crippen LogP contribution in [0.5, 0.6) is 0 Å². The summed E-state index contributed by atoms with van der Waals surface area (Å²) in [6.07, 6.45) is 3.78. The Balaban J connectivity index is 2.29. The summed E-state index contributed by atoms with van der Waals surface area (Å²) < 4.78 is 1.90. The third-order valence-electron chi connectivity index (χ3n) is 2.66. The van der Waals surface area contributed by atoms with Crippen LogP contribution >= 0.6 is 11.8 Å². The number of aliphatic carboxylic acids is 1. The first-order chi connectivity index (χ1) is 7.51. The van der Waals surface area contributed by atoms with Gasteiger partial charge in [0.2, 0.25) is 0 Å². The Morgan fingerprint density at radius 2 is 2.38 bits per heavy atom. The number of hydrogen-bond acceptors (Lipinski definition) is 4. The minimum Gasteiger partial charge on any atom is -0.481 e. The fourth-order valence-corrected chi connectivity index (χ4v) is 2.28. The van der Waals surface area contributed by atoms with Crippen molar-refractivity contribution in [3.63, 3.8) is 0 Å². The summed E-state index contributed by atoms with van der Waals surface area (Å²) in [6.45, 7) is 2.07. The first-order valence-electron chi connectivity index (χ1n) is 4.96. The second-order valence-corrected chi connectivity index (χ2v) is 5.04. The normalized spacial score (nSPS) is 17.1.